The van der Waals surface area contributed by atoms with E-state index in [1.807, 2.05) is 53.6 Å². The van der Waals surface area contributed by atoms with Crippen molar-refractivity contribution in [3.05, 3.63) is 72.1 Å². The molecule has 3 heterocycles. The highest BCUT2D eigenvalue weighted by Gasteiger charge is 2.34. The molecule has 7 nitrogen and oxygen atoms in total. The van der Waals surface area contributed by atoms with Gasteiger partial charge in [0, 0.05) is 37.6 Å². The zero-order valence-corrected chi connectivity index (χ0v) is 20.6. The number of carbonyl (C=O) groups excluding carboxylic acids is 2. The molecule has 5 rings (SSSR count). The number of likely N-dealkylation sites (tertiary alicyclic amines) is 1. The van der Waals surface area contributed by atoms with Crippen LogP contribution in [0.2, 0.25) is 0 Å². The zero-order valence-electron chi connectivity index (χ0n) is 20.6. The topological polar surface area (TPSA) is 104 Å². The number of nitrogens with two attached hydrogens (primary N) is 1. The van der Waals surface area contributed by atoms with Crippen LogP contribution in [0.1, 0.15) is 55.6 Å². The first-order chi connectivity index (χ1) is 17.6. The number of nitrogens with zero attached hydrogens (tertiary/aromatic N) is 2. The van der Waals surface area contributed by atoms with E-state index >= 15 is 0 Å². The van der Waals surface area contributed by atoms with E-state index in [1.54, 1.807) is 6.08 Å². The normalized spacial score (nSPS) is 22.2. The van der Waals surface area contributed by atoms with Crippen LogP contribution in [0, 0.1) is 5.92 Å². The van der Waals surface area contributed by atoms with Gasteiger partial charge in [-0.05, 0) is 79.7 Å². The highest BCUT2D eigenvalue weighted by Crippen LogP contribution is 2.36. The van der Waals surface area contributed by atoms with Crippen molar-refractivity contribution < 1.29 is 9.59 Å². The summed E-state index contributed by atoms with van der Waals surface area (Å²) in [6.45, 7) is 1.29. The van der Waals surface area contributed by atoms with Crippen molar-refractivity contribution in [3.8, 4) is 0 Å². The molecule has 1 saturated heterocycles. The molecule has 1 aliphatic heterocycles. The van der Waals surface area contributed by atoms with Crippen molar-refractivity contribution in [2.45, 2.75) is 56.5 Å². The molecule has 2 fully saturated rings. The van der Waals surface area contributed by atoms with Crippen LogP contribution in [0.15, 0.2) is 60.9 Å². The molecule has 4 N–H and O–H groups in total. The molecule has 1 atom stereocenters. The first-order valence-corrected chi connectivity index (χ1v) is 13.1. The summed E-state index contributed by atoms with van der Waals surface area (Å²) in [5, 5.41) is 3.60. The van der Waals surface area contributed by atoms with Crippen molar-refractivity contribution in [2.75, 3.05) is 13.1 Å². The Morgan fingerprint density at radius 2 is 1.78 bits per heavy atom. The Morgan fingerprint density at radius 3 is 2.50 bits per heavy atom. The Bertz CT molecular complexity index is 1200. The average Bonchev–Trinajstić information content (AvgIpc) is 3.35. The minimum atomic E-state index is -0.349. The number of hydrogen-bond acceptors (Lipinski definition) is 4. The largest absolute Gasteiger partial charge is 0.368 e. The van der Waals surface area contributed by atoms with Crippen molar-refractivity contribution in [1.29, 1.82) is 0 Å². The van der Waals surface area contributed by atoms with Crippen LogP contribution in [-0.2, 0) is 9.59 Å². The third-order valence-electron chi connectivity index (χ3n) is 7.89. The van der Waals surface area contributed by atoms with Gasteiger partial charge in [0.25, 0.3) is 0 Å². The fourth-order valence-electron chi connectivity index (χ4n) is 5.85. The standard InChI is InChI=1S/C29H35N5O2/c30-29(36)27(22-14-17-34(18-15-22)26(35)13-8-20-5-2-1-3-6-20)33-23-11-9-21(10-12-23)24-19-32-25-7-4-16-31-28(24)25/h1-8,13,16,19,21-23,27,32-33H,9-12,14-15,17-18H2,(H2,30,36)/b13-8+. The average molecular weight is 486 g/mol. The summed E-state index contributed by atoms with van der Waals surface area (Å²) in [5.41, 5.74) is 10.3. The summed E-state index contributed by atoms with van der Waals surface area (Å²) >= 11 is 0. The smallest absolute Gasteiger partial charge is 0.246 e. The van der Waals surface area contributed by atoms with E-state index in [0.29, 0.717) is 19.0 Å². The fraction of sp³-hybridized carbons (Fsp3) is 0.414. The first kappa shape index (κ1) is 24.3. The van der Waals surface area contributed by atoms with Gasteiger partial charge >= 0.3 is 0 Å². The van der Waals surface area contributed by atoms with E-state index < -0.39 is 0 Å². The Hall–Kier alpha value is -3.45. The Balaban J connectivity index is 1.12. The van der Waals surface area contributed by atoms with Crippen molar-refractivity contribution >= 4 is 28.9 Å². The van der Waals surface area contributed by atoms with E-state index in [9.17, 15) is 9.59 Å². The Morgan fingerprint density at radius 1 is 1.03 bits per heavy atom. The monoisotopic (exact) mass is 485 g/mol. The van der Waals surface area contributed by atoms with E-state index in [4.69, 9.17) is 5.73 Å². The van der Waals surface area contributed by atoms with Gasteiger partial charge in [-0.15, -0.1) is 0 Å². The zero-order chi connectivity index (χ0) is 24.9. The van der Waals surface area contributed by atoms with E-state index in [-0.39, 0.29) is 29.8 Å². The highest BCUT2D eigenvalue weighted by atomic mass is 16.2. The number of aromatic amines is 1. The second kappa shape index (κ2) is 11.1. The molecule has 2 amide bonds. The number of rotatable bonds is 7. The van der Waals surface area contributed by atoms with Crippen LogP contribution in [0.3, 0.4) is 0 Å². The number of carbonyl (C=O) groups is 2. The number of pyridine rings is 1. The van der Waals surface area contributed by atoms with E-state index in [1.165, 1.54) is 5.56 Å². The summed E-state index contributed by atoms with van der Waals surface area (Å²) in [6.07, 6.45) is 13.1. The quantitative estimate of drug-likeness (QED) is 0.440. The molecule has 0 radical (unpaired) electrons. The number of benzene rings is 1. The number of hydrogen-bond donors (Lipinski definition) is 3. The van der Waals surface area contributed by atoms with Gasteiger partial charge in [0.15, 0.2) is 0 Å². The number of fused-ring (bicyclic) bond motifs is 1. The van der Waals surface area contributed by atoms with Gasteiger partial charge < -0.3 is 20.9 Å². The first-order valence-electron chi connectivity index (χ1n) is 13.1. The minimum Gasteiger partial charge on any atom is -0.368 e. The van der Waals surface area contributed by atoms with Gasteiger partial charge in [-0.2, -0.15) is 0 Å². The van der Waals surface area contributed by atoms with Crippen LogP contribution >= 0.6 is 0 Å². The molecule has 1 aromatic carbocycles. The van der Waals surface area contributed by atoms with Crippen LogP contribution in [0.4, 0.5) is 0 Å². The SMILES string of the molecule is NC(=O)C(NC1CCC(c2c[nH]c3cccnc23)CC1)C1CCN(C(=O)/C=C/c2ccccc2)CC1. The maximum absolute atomic E-state index is 12.6. The number of primary amides is 1. The fourth-order valence-corrected chi connectivity index (χ4v) is 5.85. The predicted molar refractivity (Wildman–Crippen MR) is 142 cm³/mol. The number of nitrogens with one attached hydrogen (secondary N) is 2. The van der Waals surface area contributed by atoms with Gasteiger partial charge in [-0.3, -0.25) is 14.6 Å². The number of piperidine rings is 1. The summed E-state index contributed by atoms with van der Waals surface area (Å²) in [4.78, 5) is 34.8. The molecule has 0 spiro atoms. The molecule has 2 aromatic heterocycles. The maximum atomic E-state index is 12.6. The van der Waals surface area contributed by atoms with Gasteiger partial charge in [-0.25, -0.2) is 0 Å². The second-order valence-corrected chi connectivity index (χ2v) is 10.1. The van der Waals surface area contributed by atoms with Crippen LogP contribution < -0.4 is 11.1 Å². The van der Waals surface area contributed by atoms with Gasteiger partial charge in [-0.1, -0.05) is 30.3 Å². The van der Waals surface area contributed by atoms with Crippen molar-refractivity contribution in [2.24, 2.45) is 11.7 Å². The van der Waals surface area contributed by atoms with Gasteiger partial charge in [0.2, 0.25) is 11.8 Å². The lowest BCUT2D eigenvalue weighted by atomic mass is 9.81. The second-order valence-electron chi connectivity index (χ2n) is 10.1. The highest BCUT2D eigenvalue weighted by molar-refractivity contribution is 5.91. The van der Waals surface area contributed by atoms with Crippen LogP contribution in [0.25, 0.3) is 17.1 Å². The van der Waals surface area contributed by atoms with E-state index in [0.717, 1.165) is 55.1 Å². The molecule has 1 unspecified atom stereocenters. The summed E-state index contributed by atoms with van der Waals surface area (Å²) in [6, 6.07) is 13.8. The van der Waals surface area contributed by atoms with Crippen LogP contribution in [0.5, 0.6) is 0 Å². The third kappa shape index (κ3) is 5.51. The molecule has 36 heavy (non-hydrogen) atoms. The lowest BCUT2D eigenvalue weighted by molar-refractivity contribution is -0.128. The molecular formula is C29H35N5O2. The molecule has 3 aromatic rings. The van der Waals surface area contributed by atoms with Gasteiger partial charge in [0.1, 0.15) is 0 Å². The van der Waals surface area contributed by atoms with Crippen molar-refractivity contribution in [3.63, 3.8) is 0 Å². The summed E-state index contributed by atoms with van der Waals surface area (Å²) < 4.78 is 0. The maximum Gasteiger partial charge on any atom is 0.246 e. The Kier molecular flexibility index (Phi) is 7.47. The summed E-state index contributed by atoms with van der Waals surface area (Å²) in [7, 11) is 0. The van der Waals surface area contributed by atoms with E-state index in [2.05, 4.69) is 27.5 Å². The molecule has 1 saturated carbocycles. The number of amides is 2. The molecular weight excluding hydrogens is 450 g/mol. The molecule has 188 valence electrons. The van der Waals surface area contributed by atoms with Crippen LogP contribution in [-0.4, -0.2) is 51.9 Å². The summed E-state index contributed by atoms with van der Waals surface area (Å²) in [5.74, 6) is 0.370. The lowest BCUT2D eigenvalue weighted by Crippen LogP contribution is -2.54. The number of aromatic nitrogens is 2. The molecule has 7 heteroatoms. The third-order valence-corrected chi connectivity index (χ3v) is 7.89. The molecule has 0 bridgehead atoms. The molecule has 2 aliphatic rings. The lowest BCUT2D eigenvalue weighted by Gasteiger charge is -2.38. The predicted octanol–water partition coefficient (Wildman–Crippen LogP) is 3.98. The van der Waals surface area contributed by atoms with Crippen molar-refractivity contribution in [1.82, 2.24) is 20.2 Å². The Labute approximate surface area is 212 Å². The minimum absolute atomic E-state index is 0.0194. The molecule has 1 aliphatic carbocycles. The van der Waals surface area contributed by atoms with Gasteiger partial charge in [0.05, 0.1) is 17.1 Å². The number of H-pyrrole nitrogens is 1.